The molecule has 2 aromatic rings. The molecule has 27 heavy (non-hydrogen) atoms. The van der Waals surface area contributed by atoms with E-state index in [4.69, 9.17) is 9.15 Å². The molecular weight excluding hydrogens is 340 g/mol. The number of ether oxygens (including phenoxy) is 1. The minimum absolute atomic E-state index is 0.0398. The van der Waals surface area contributed by atoms with Crippen molar-refractivity contribution in [2.24, 2.45) is 5.92 Å². The van der Waals surface area contributed by atoms with Crippen LogP contribution in [-0.4, -0.2) is 44.1 Å². The number of amides is 1. The molecule has 4 rings (SSSR count). The maximum atomic E-state index is 12.5. The van der Waals surface area contributed by atoms with Gasteiger partial charge >= 0.3 is 0 Å². The molecule has 142 valence electrons. The smallest absolute Gasteiger partial charge is 0.246 e. The minimum atomic E-state index is 0.0398. The third-order valence-corrected chi connectivity index (χ3v) is 5.52. The van der Waals surface area contributed by atoms with E-state index in [9.17, 15) is 4.79 Å². The molecule has 2 heterocycles. The fraction of sp³-hybridized carbons (Fsp3) is 0.409. The Morgan fingerprint density at radius 2 is 1.96 bits per heavy atom. The van der Waals surface area contributed by atoms with Crippen LogP contribution in [0.25, 0.3) is 6.08 Å². The molecule has 1 saturated heterocycles. The normalized spacial score (nSPS) is 22.3. The predicted octanol–water partition coefficient (Wildman–Crippen LogP) is 3.77. The van der Waals surface area contributed by atoms with Gasteiger partial charge in [-0.15, -0.1) is 0 Å². The average molecular weight is 366 g/mol. The molecule has 5 heteroatoms. The van der Waals surface area contributed by atoms with Crippen molar-refractivity contribution in [2.45, 2.75) is 19.3 Å². The summed E-state index contributed by atoms with van der Waals surface area (Å²) in [7, 11) is 1.68. The molecule has 0 N–H and O–H groups in total. The number of carbonyl (C=O) groups excluding carboxylic acids is 1. The molecule has 0 bridgehead atoms. The Kier molecular flexibility index (Phi) is 4.92. The highest BCUT2D eigenvalue weighted by atomic mass is 16.5. The first kappa shape index (κ1) is 17.7. The van der Waals surface area contributed by atoms with Crippen molar-refractivity contribution in [1.29, 1.82) is 0 Å². The van der Waals surface area contributed by atoms with Crippen LogP contribution in [0.1, 0.15) is 30.8 Å². The number of furan rings is 1. The maximum absolute atomic E-state index is 12.5. The Labute approximate surface area is 160 Å². The van der Waals surface area contributed by atoms with Crippen LogP contribution >= 0.6 is 0 Å². The number of anilines is 1. The van der Waals surface area contributed by atoms with Gasteiger partial charge in [0.15, 0.2) is 0 Å². The standard InChI is InChI=1S/C22H26N2O3/c1-16-14-20(16)21-8-6-18(27-21)7-9-22(25)24-12-10-23(11-13-24)17-4-3-5-19(15-17)26-2/h3-9,15-16,20H,10-14H2,1-2H3/b9-7-/t16-,20-/m1/s1. The molecule has 2 fully saturated rings. The molecule has 2 atom stereocenters. The fourth-order valence-corrected chi connectivity index (χ4v) is 3.63. The molecule has 0 radical (unpaired) electrons. The highest BCUT2D eigenvalue weighted by molar-refractivity contribution is 5.91. The summed E-state index contributed by atoms with van der Waals surface area (Å²) in [6.45, 7) is 5.29. The van der Waals surface area contributed by atoms with Crippen molar-refractivity contribution in [3.05, 3.63) is 54.0 Å². The second-order valence-corrected chi connectivity index (χ2v) is 7.41. The molecule has 1 aliphatic heterocycles. The van der Waals surface area contributed by atoms with Crippen LogP contribution in [-0.2, 0) is 4.79 Å². The number of rotatable bonds is 5. The van der Waals surface area contributed by atoms with E-state index in [-0.39, 0.29) is 5.91 Å². The van der Waals surface area contributed by atoms with Crippen LogP contribution in [0.15, 0.2) is 46.9 Å². The molecule has 5 nitrogen and oxygen atoms in total. The lowest BCUT2D eigenvalue weighted by molar-refractivity contribution is -0.126. The summed E-state index contributed by atoms with van der Waals surface area (Å²) in [6, 6.07) is 12.0. The first-order valence-electron chi connectivity index (χ1n) is 9.60. The fourth-order valence-electron chi connectivity index (χ4n) is 3.63. The van der Waals surface area contributed by atoms with Gasteiger partial charge in [-0.2, -0.15) is 0 Å². The molecule has 1 amide bonds. The van der Waals surface area contributed by atoms with Gasteiger partial charge in [-0.25, -0.2) is 0 Å². The Bertz CT molecular complexity index is 834. The first-order chi connectivity index (χ1) is 13.1. The van der Waals surface area contributed by atoms with E-state index < -0.39 is 0 Å². The van der Waals surface area contributed by atoms with Gasteiger partial charge < -0.3 is 19.0 Å². The number of nitrogens with zero attached hydrogens (tertiary/aromatic N) is 2. The first-order valence-corrected chi connectivity index (χ1v) is 9.60. The maximum Gasteiger partial charge on any atom is 0.246 e. The molecule has 1 saturated carbocycles. The summed E-state index contributed by atoms with van der Waals surface area (Å²) in [5, 5.41) is 0. The molecule has 0 unspecified atom stereocenters. The third-order valence-electron chi connectivity index (χ3n) is 5.52. The van der Waals surface area contributed by atoms with Gasteiger partial charge in [0.1, 0.15) is 17.3 Å². The number of carbonyl (C=O) groups is 1. The van der Waals surface area contributed by atoms with E-state index in [2.05, 4.69) is 17.9 Å². The summed E-state index contributed by atoms with van der Waals surface area (Å²) in [6.07, 6.45) is 4.61. The van der Waals surface area contributed by atoms with Gasteiger partial charge in [0.25, 0.3) is 0 Å². The number of hydrogen-bond acceptors (Lipinski definition) is 4. The lowest BCUT2D eigenvalue weighted by Gasteiger charge is -2.35. The van der Waals surface area contributed by atoms with Gasteiger partial charge in [0, 0.05) is 49.9 Å². The summed E-state index contributed by atoms with van der Waals surface area (Å²) in [5.74, 6) is 3.97. The van der Waals surface area contributed by atoms with Crippen LogP contribution in [0.2, 0.25) is 0 Å². The number of methoxy groups -OCH3 is 1. The zero-order valence-electron chi connectivity index (χ0n) is 15.9. The highest BCUT2D eigenvalue weighted by Crippen LogP contribution is 2.47. The monoisotopic (exact) mass is 366 g/mol. The molecule has 2 aliphatic rings. The number of benzene rings is 1. The Morgan fingerprint density at radius 3 is 2.67 bits per heavy atom. The summed E-state index contributed by atoms with van der Waals surface area (Å²) in [4.78, 5) is 16.7. The quantitative estimate of drug-likeness (QED) is 0.756. The third kappa shape index (κ3) is 4.02. The van der Waals surface area contributed by atoms with Crippen LogP contribution in [0, 0.1) is 5.92 Å². The summed E-state index contributed by atoms with van der Waals surface area (Å²) < 4.78 is 11.1. The second-order valence-electron chi connectivity index (χ2n) is 7.41. The molecule has 1 aromatic carbocycles. The van der Waals surface area contributed by atoms with Crippen LogP contribution in [0.3, 0.4) is 0 Å². The van der Waals surface area contributed by atoms with Crippen molar-refractivity contribution in [2.75, 3.05) is 38.2 Å². The van der Waals surface area contributed by atoms with Gasteiger partial charge in [0.05, 0.1) is 7.11 Å². The highest BCUT2D eigenvalue weighted by Gasteiger charge is 2.36. The van der Waals surface area contributed by atoms with Gasteiger partial charge in [-0.05, 0) is 42.7 Å². The van der Waals surface area contributed by atoms with Gasteiger partial charge in [-0.3, -0.25) is 4.79 Å². The molecule has 1 aromatic heterocycles. The van der Waals surface area contributed by atoms with E-state index in [1.165, 1.54) is 6.42 Å². The number of hydrogen-bond donors (Lipinski definition) is 0. The zero-order chi connectivity index (χ0) is 18.8. The molecular formula is C22H26N2O3. The zero-order valence-corrected chi connectivity index (χ0v) is 15.9. The van der Waals surface area contributed by atoms with Crippen molar-refractivity contribution < 1.29 is 13.9 Å². The average Bonchev–Trinajstić information content (AvgIpc) is 3.26. The Morgan fingerprint density at radius 1 is 1.19 bits per heavy atom. The lowest BCUT2D eigenvalue weighted by Crippen LogP contribution is -2.48. The van der Waals surface area contributed by atoms with Crippen LogP contribution < -0.4 is 9.64 Å². The largest absolute Gasteiger partial charge is 0.497 e. The van der Waals surface area contributed by atoms with E-state index in [0.717, 1.165) is 42.0 Å². The van der Waals surface area contributed by atoms with E-state index in [0.29, 0.717) is 19.0 Å². The molecule has 1 aliphatic carbocycles. The Balaban J connectivity index is 1.31. The Hall–Kier alpha value is -2.69. The van der Waals surface area contributed by atoms with Gasteiger partial charge in [0.2, 0.25) is 5.91 Å². The van der Waals surface area contributed by atoms with E-state index >= 15 is 0 Å². The predicted molar refractivity (Wildman–Crippen MR) is 106 cm³/mol. The summed E-state index contributed by atoms with van der Waals surface area (Å²) >= 11 is 0. The van der Waals surface area contributed by atoms with Crippen LogP contribution in [0.5, 0.6) is 5.75 Å². The minimum Gasteiger partial charge on any atom is -0.497 e. The number of piperazine rings is 1. The second kappa shape index (κ2) is 7.51. The SMILES string of the molecule is COc1cccc(N2CCN(C(=O)/C=C\c3ccc([C@@H]4C[C@H]4C)o3)CC2)c1. The molecule has 0 spiro atoms. The van der Waals surface area contributed by atoms with Crippen LogP contribution in [0.4, 0.5) is 5.69 Å². The van der Waals surface area contributed by atoms with Gasteiger partial charge in [-0.1, -0.05) is 13.0 Å². The van der Waals surface area contributed by atoms with Crippen molar-refractivity contribution in [3.8, 4) is 5.75 Å². The summed E-state index contributed by atoms with van der Waals surface area (Å²) in [5.41, 5.74) is 1.13. The van der Waals surface area contributed by atoms with E-state index in [1.807, 2.05) is 35.2 Å². The lowest BCUT2D eigenvalue weighted by atomic mass is 10.2. The van der Waals surface area contributed by atoms with Crippen molar-refractivity contribution >= 4 is 17.7 Å². The van der Waals surface area contributed by atoms with E-state index in [1.54, 1.807) is 19.3 Å². The van der Waals surface area contributed by atoms with Crippen molar-refractivity contribution in [3.63, 3.8) is 0 Å². The topological polar surface area (TPSA) is 45.9 Å². The van der Waals surface area contributed by atoms with Crippen molar-refractivity contribution in [1.82, 2.24) is 4.90 Å².